The quantitative estimate of drug-likeness (QED) is 0.658. The maximum atomic E-state index is 12.8. The molecule has 3 aromatic heterocycles. The zero-order chi connectivity index (χ0) is 21.9. The monoisotopic (exact) mass is 434 g/mol. The summed E-state index contributed by atoms with van der Waals surface area (Å²) in [5.74, 6) is 1.10. The first-order valence-electron chi connectivity index (χ1n) is 11.1. The Hall–Kier alpha value is -3.33. The van der Waals surface area contributed by atoms with Crippen LogP contribution in [0.5, 0.6) is 0 Å². The first-order valence-corrected chi connectivity index (χ1v) is 11.1. The van der Waals surface area contributed by atoms with Crippen LogP contribution in [0.25, 0.3) is 22.2 Å². The number of carbonyl (C=O) groups excluding carboxylic acids is 2. The molecular weight excluding hydrogens is 408 g/mol. The van der Waals surface area contributed by atoms with Crippen LogP contribution in [0.1, 0.15) is 25.7 Å². The number of anilines is 1. The van der Waals surface area contributed by atoms with E-state index in [1.807, 2.05) is 17.0 Å². The number of nitrogens with zero attached hydrogens (tertiary/aromatic N) is 5. The normalized spacial score (nSPS) is 17.7. The van der Waals surface area contributed by atoms with Gasteiger partial charge < -0.3 is 14.6 Å². The molecule has 2 aliphatic heterocycles. The highest BCUT2D eigenvalue weighted by molar-refractivity contribution is 5.94. The molecule has 2 amide bonds. The van der Waals surface area contributed by atoms with Crippen molar-refractivity contribution in [1.29, 1.82) is 0 Å². The third kappa shape index (κ3) is 4.47. The Morgan fingerprint density at radius 3 is 2.53 bits per heavy atom. The largest absolute Gasteiger partial charge is 0.442 e. The standard InChI is InChI=1S/C23H26N6O3/c30-22(14-28-5-1-2-6-28)29-7-3-16(4-8-29)23(31)27-21-10-17-9-19(20-13-24-15-32-20)25-11-18(17)12-26-21/h9-13,15-16H,1-8,14H2,(H,26,27,31). The van der Waals surface area contributed by atoms with Gasteiger partial charge in [0, 0.05) is 36.8 Å². The summed E-state index contributed by atoms with van der Waals surface area (Å²) in [7, 11) is 0. The molecule has 2 aliphatic rings. The molecule has 0 aliphatic carbocycles. The van der Waals surface area contributed by atoms with Crippen LogP contribution in [0.15, 0.2) is 41.5 Å². The maximum Gasteiger partial charge on any atom is 0.236 e. The molecule has 166 valence electrons. The lowest BCUT2D eigenvalue weighted by atomic mass is 9.96. The van der Waals surface area contributed by atoms with Crippen LogP contribution in [0.2, 0.25) is 0 Å². The number of likely N-dealkylation sites (tertiary alicyclic amines) is 2. The van der Waals surface area contributed by atoms with Crippen molar-refractivity contribution >= 4 is 28.4 Å². The zero-order valence-corrected chi connectivity index (χ0v) is 17.9. The Bertz CT molecular complexity index is 1100. The molecule has 2 fully saturated rings. The molecule has 5 rings (SSSR count). The molecule has 0 saturated carbocycles. The second-order valence-electron chi connectivity index (χ2n) is 8.48. The molecule has 0 spiro atoms. The molecule has 0 bridgehead atoms. The van der Waals surface area contributed by atoms with Gasteiger partial charge >= 0.3 is 0 Å². The smallest absolute Gasteiger partial charge is 0.236 e. The molecule has 2 saturated heterocycles. The van der Waals surface area contributed by atoms with E-state index in [-0.39, 0.29) is 17.7 Å². The van der Waals surface area contributed by atoms with Crippen molar-refractivity contribution in [3.8, 4) is 11.5 Å². The number of hydrogen-bond acceptors (Lipinski definition) is 7. The summed E-state index contributed by atoms with van der Waals surface area (Å²) in [4.78, 5) is 42.1. The van der Waals surface area contributed by atoms with Crippen molar-refractivity contribution < 1.29 is 14.0 Å². The van der Waals surface area contributed by atoms with Gasteiger partial charge in [-0.25, -0.2) is 9.97 Å². The van der Waals surface area contributed by atoms with E-state index in [4.69, 9.17) is 4.42 Å². The van der Waals surface area contributed by atoms with Crippen molar-refractivity contribution in [2.45, 2.75) is 25.7 Å². The zero-order valence-electron chi connectivity index (χ0n) is 17.9. The van der Waals surface area contributed by atoms with E-state index in [2.05, 4.69) is 25.2 Å². The van der Waals surface area contributed by atoms with Crippen LogP contribution in [0.3, 0.4) is 0 Å². The first kappa shape index (κ1) is 20.6. The van der Waals surface area contributed by atoms with Crippen LogP contribution >= 0.6 is 0 Å². The van der Waals surface area contributed by atoms with Crippen LogP contribution in [0.4, 0.5) is 5.82 Å². The van der Waals surface area contributed by atoms with Gasteiger partial charge in [-0.15, -0.1) is 0 Å². The third-order valence-corrected chi connectivity index (χ3v) is 6.32. The van der Waals surface area contributed by atoms with Gasteiger partial charge in [0.15, 0.2) is 12.2 Å². The predicted molar refractivity (Wildman–Crippen MR) is 119 cm³/mol. The number of pyridine rings is 2. The average Bonchev–Trinajstić information content (AvgIpc) is 3.53. The molecule has 0 radical (unpaired) electrons. The lowest BCUT2D eigenvalue weighted by molar-refractivity contribution is -0.135. The summed E-state index contributed by atoms with van der Waals surface area (Å²) < 4.78 is 5.32. The van der Waals surface area contributed by atoms with Gasteiger partial charge in [0.2, 0.25) is 11.8 Å². The molecule has 9 nitrogen and oxygen atoms in total. The summed E-state index contributed by atoms with van der Waals surface area (Å²) in [6.45, 7) is 3.78. The number of carbonyl (C=O) groups is 2. The highest BCUT2D eigenvalue weighted by Crippen LogP contribution is 2.24. The SMILES string of the molecule is O=C(Nc1cc2cc(-c3cnco3)ncc2cn1)C1CCN(C(=O)CN2CCCC2)CC1. The minimum absolute atomic E-state index is 0.0481. The molecule has 9 heteroatoms. The molecule has 0 aromatic carbocycles. The Kier molecular flexibility index (Phi) is 5.81. The molecule has 32 heavy (non-hydrogen) atoms. The minimum atomic E-state index is -0.120. The van der Waals surface area contributed by atoms with E-state index in [1.165, 1.54) is 19.2 Å². The number of nitrogens with one attached hydrogen (secondary N) is 1. The number of rotatable bonds is 5. The van der Waals surface area contributed by atoms with Crippen molar-refractivity contribution in [1.82, 2.24) is 24.8 Å². The predicted octanol–water partition coefficient (Wildman–Crippen LogP) is 2.56. The van der Waals surface area contributed by atoms with E-state index in [1.54, 1.807) is 18.6 Å². The van der Waals surface area contributed by atoms with Gasteiger partial charge in [-0.2, -0.15) is 0 Å². The number of aromatic nitrogens is 3. The summed E-state index contributed by atoms with van der Waals surface area (Å²) in [6.07, 6.45) is 10.1. The molecule has 1 N–H and O–H groups in total. The van der Waals surface area contributed by atoms with E-state index in [9.17, 15) is 9.59 Å². The van der Waals surface area contributed by atoms with Crippen molar-refractivity contribution in [3.05, 3.63) is 37.1 Å². The Morgan fingerprint density at radius 2 is 1.78 bits per heavy atom. The Labute approximate surface area is 185 Å². The van der Waals surface area contributed by atoms with Crippen molar-refractivity contribution in [3.63, 3.8) is 0 Å². The summed E-state index contributed by atoms with van der Waals surface area (Å²) in [5, 5.41) is 4.72. The van der Waals surface area contributed by atoms with Crippen LogP contribution in [0, 0.1) is 5.92 Å². The second-order valence-corrected chi connectivity index (χ2v) is 8.48. The van der Waals surface area contributed by atoms with E-state index >= 15 is 0 Å². The topological polar surface area (TPSA) is 104 Å². The highest BCUT2D eigenvalue weighted by Gasteiger charge is 2.28. The molecular formula is C23H26N6O3. The Balaban J connectivity index is 1.19. The minimum Gasteiger partial charge on any atom is -0.442 e. The molecule has 5 heterocycles. The number of fused-ring (bicyclic) bond motifs is 1. The fraction of sp³-hybridized carbons (Fsp3) is 0.435. The maximum absolute atomic E-state index is 12.8. The molecule has 0 unspecified atom stereocenters. The van der Waals surface area contributed by atoms with E-state index in [0.717, 1.165) is 23.9 Å². The summed E-state index contributed by atoms with van der Waals surface area (Å²) in [5.41, 5.74) is 0.671. The van der Waals surface area contributed by atoms with Crippen molar-refractivity contribution in [2.75, 3.05) is 38.0 Å². The number of amides is 2. The fourth-order valence-corrected chi connectivity index (χ4v) is 4.43. The van der Waals surface area contributed by atoms with E-state index < -0.39 is 0 Å². The van der Waals surface area contributed by atoms with Crippen LogP contribution < -0.4 is 5.32 Å². The van der Waals surface area contributed by atoms with E-state index in [0.29, 0.717) is 49.7 Å². The van der Waals surface area contributed by atoms with Crippen LogP contribution in [-0.4, -0.2) is 69.3 Å². The first-order chi connectivity index (χ1) is 15.7. The summed E-state index contributed by atoms with van der Waals surface area (Å²) >= 11 is 0. The number of hydrogen-bond donors (Lipinski definition) is 1. The number of oxazole rings is 1. The lowest BCUT2D eigenvalue weighted by Crippen LogP contribution is -2.45. The second kappa shape index (κ2) is 9.04. The molecule has 3 aromatic rings. The Morgan fingerprint density at radius 1 is 1.00 bits per heavy atom. The fourth-order valence-electron chi connectivity index (χ4n) is 4.43. The third-order valence-electron chi connectivity index (χ3n) is 6.32. The average molecular weight is 435 g/mol. The van der Waals surface area contributed by atoms with Gasteiger partial charge in [0.1, 0.15) is 11.5 Å². The van der Waals surface area contributed by atoms with Gasteiger partial charge in [-0.3, -0.25) is 19.5 Å². The van der Waals surface area contributed by atoms with Gasteiger partial charge in [0.05, 0.1) is 12.7 Å². The van der Waals surface area contributed by atoms with Gasteiger partial charge in [0.25, 0.3) is 0 Å². The van der Waals surface area contributed by atoms with Gasteiger partial charge in [-0.05, 0) is 56.3 Å². The lowest BCUT2D eigenvalue weighted by Gasteiger charge is -2.32. The summed E-state index contributed by atoms with van der Waals surface area (Å²) in [6, 6.07) is 3.72. The highest BCUT2D eigenvalue weighted by atomic mass is 16.3. The van der Waals surface area contributed by atoms with Crippen molar-refractivity contribution in [2.24, 2.45) is 5.92 Å². The number of piperidine rings is 1. The molecule has 0 atom stereocenters. The van der Waals surface area contributed by atoms with Crippen LogP contribution in [-0.2, 0) is 9.59 Å². The van der Waals surface area contributed by atoms with Gasteiger partial charge in [-0.1, -0.05) is 0 Å².